The van der Waals surface area contributed by atoms with Crippen molar-refractivity contribution in [2.24, 2.45) is 5.41 Å². The quantitative estimate of drug-likeness (QED) is 0.910. The van der Waals surface area contributed by atoms with E-state index in [2.05, 4.69) is 70.9 Å². The number of rotatable bonds is 3. The molecule has 126 valence electrons. The van der Waals surface area contributed by atoms with E-state index in [4.69, 9.17) is 0 Å². The zero-order valence-electron chi connectivity index (χ0n) is 14.5. The minimum absolute atomic E-state index is 0.390. The van der Waals surface area contributed by atoms with Gasteiger partial charge in [0.15, 0.2) is 0 Å². The van der Waals surface area contributed by atoms with Crippen molar-refractivity contribution >= 4 is 0 Å². The molecule has 0 saturated carbocycles. The number of benzene rings is 2. The van der Waals surface area contributed by atoms with E-state index in [-0.39, 0.29) is 0 Å². The molecule has 0 atom stereocenters. The van der Waals surface area contributed by atoms with Crippen molar-refractivity contribution in [1.82, 2.24) is 10.2 Å². The van der Waals surface area contributed by atoms with E-state index in [9.17, 15) is 0 Å². The van der Waals surface area contributed by atoms with Crippen molar-refractivity contribution < 1.29 is 0 Å². The lowest BCUT2D eigenvalue weighted by atomic mass is 9.72. The third-order valence-corrected chi connectivity index (χ3v) is 6.02. The van der Waals surface area contributed by atoms with Crippen molar-refractivity contribution in [2.45, 2.75) is 31.7 Å². The molecule has 0 radical (unpaired) electrons. The van der Waals surface area contributed by atoms with Crippen LogP contribution >= 0.6 is 0 Å². The fourth-order valence-electron chi connectivity index (χ4n) is 4.60. The van der Waals surface area contributed by atoms with Crippen molar-refractivity contribution in [1.29, 1.82) is 0 Å². The van der Waals surface area contributed by atoms with Crippen LogP contribution in [-0.2, 0) is 0 Å². The molecule has 2 nitrogen and oxygen atoms in total. The lowest BCUT2D eigenvalue weighted by Crippen LogP contribution is -2.48. The lowest BCUT2D eigenvalue weighted by Gasteiger charge is -2.46. The average Bonchev–Trinajstić information content (AvgIpc) is 2.66. The normalized spacial score (nSPS) is 21.2. The summed E-state index contributed by atoms with van der Waals surface area (Å²) in [6, 6.07) is 22.4. The van der Waals surface area contributed by atoms with Crippen LogP contribution in [0.4, 0.5) is 0 Å². The maximum atomic E-state index is 3.63. The monoisotopic (exact) mass is 320 g/mol. The molecule has 2 aromatic carbocycles. The zero-order valence-corrected chi connectivity index (χ0v) is 14.5. The summed E-state index contributed by atoms with van der Waals surface area (Å²) in [4.78, 5) is 2.70. The molecule has 2 fully saturated rings. The van der Waals surface area contributed by atoms with Crippen LogP contribution in [0.1, 0.15) is 42.9 Å². The van der Waals surface area contributed by atoms with Crippen LogP contribution in [-0.4, -0.2) is 31.1 Å². The van der Waals surface area contributed by atoms with E-state index in [1.807, 2.05) is 0 Å². The molecule has 0 bridgehead atoms. The molecule has 2 aliphatic rings. The van der Waals surface area contributed by atoms with Crippen LogP contribution in [0, 0.1) is 5.41 Å². The minimum Gasteiger partial charge on any atom is -0.316 e. The Morgan fingerprint density at radius 3 is 1.88 bits per heavy atom. The number of likely N-dealkylation sites (tertiary alicyclic amines) is 1. The molecule has 2 heterocycles. The molecule has 0 aromatic heterocycles. The van der Waals surface area contributed by atoms with Gasteiger partial charge in [-0.2, -0.15) is 0 Å². The summed E-state index contributed by atoms with van der Waals surface area (Å²) >= 11 is 0. The predicted molar refractivity (Wildman–Crippen MR) is 100 cm³/mol. The van der Waals surface area contributed by atoms with Gasteiger partial charge in [0.25, 0.3) is 0 Å². The van der Waals surface area contributed by atoms with Gasteiger partial charge in [-0.3, -0.25) is 4.90 Å². The Hall–Kier alpha value is -1.64. The van der Waals surface area contributed by atoms with Gasteiger partial charge in [0.05, 0.1) is 6.04 Å². The van der Waals surface area contributed by atoms with E-state index in [1.54, 1.807) is 0 Å². The fourth-order valence-corrected chi connectivity index (χ4v) is 4.60. The van der Waals surface area contributed by atoms with Gasteiger partial charge in [-0.1, -0.05) is 60.7 Å². The molecule has 0 amide bonds. The first-order chi connectivity index (χ1) is 11.9. The van der Waals surface area contributed by atoms with E-state index in [0.717, 1.165) is 0 Å². The molecular formula is C22H28N2. The summed E-state index contributed by atoms with van der Waals surface area (Å²) < 4.78 is 0. The molecule has 0 aliphatic carbocycles. The molecule has 2 heteroatoms. The Bertz CT molecular complexity index is 582. The van der Waals surface area contributed by atoms with Crippen molar-refractivity contribution in [3.8, 4) is 0 Å². The third-order valence-electron chi connectivity index (χ3n) is 6.02. The van der Waals surface area contributed by atoms with Gasteiger partial charge in [-0.05, 0) is 61.9 Å². The summed E-state index contributed by atoms with van der Waals surface area (Å²) in [6.45, 7) is 4.84. The first-order valence-corrected chi connectivity index (χ1v) is 9.41. The zero-order chi connectivity index (χ0) is 16.2. The number of nitrogens with zero attached hydrogens (tertiary/aromatic N) is 1. The summed E-state index contributed by atoms with van der Waals surface area (Å²) in [7, 11) is 0. The van der Waals surface area contributed by atoms with E-state index < -0.39 is 0 Å². The maximum absolute atomic E-state index is 3.63. The van der Waals surface area contributed by atoms with Gasteiger partial charge in [0.1, 0.15) is 0 Å². The molecule has 1 N–H and O–H groups in total. The first kappa shape index (κ1) is 15.9. The van der Waals surface area contributed by atoms with Gasteiger partial charge < -0.3 is 5.32 Å². The average molecular weight is 320 g/mol. The number of hydrogen-bond donors (Lipinski definition) is 1. The highest BCUT2D eigenvalue weighted by Gasteiger charge is 2.37. The number of nitrogens with one attached hydrogen (secondary N) is 1. The molecule has 2 aromatic rings. The first-order valence-electron chi connectivity index (χ1n) is 9.41. The maximum Gasteiger partial charge on any atom is 0.0601 e. The molecule has 4 rings (SSSR count). The standard InChI is InChI=1S/C22H28N2/c1-3-8-19(9-4-1)21(20-10-5-2-6-11-20)24-16-13-22(14-17-24)12-7-15-23-18-22/h1-6,8-11,21,23H,7,12-18H2. The lowest BCUT2D eigenvalue weighted by molar-refractivity contribution is 0.0630. The summed E-state index contributed by atoms with van der Waals surface area (Å²) in [5.74, 6) is 0. The summed E-state index contributed by atoms with van der Waals surface area (Å²) in [5, 5.41) is 3.63. The van der Waals surface area contributed by atoms with Gasteiger partial charge in [-0.15, -0.1) is 0 Å². The van der Waals surface area contributed by atoms with Gasteiger partial charge in [-0.25, -0.2) is 0 Å². The van der Waals surface area contributed by atoms with E-state index in [0.29, 0.717) is 11.5 Å². The van der Waals surface area contributed by atoms with Crippen LogP contribution < -0.4 is 5.32 Å². The van der Waals surface area contributed by atoms with Crippen LogP contribution in [0.3, 0.4) is 0 Å². The summed E-state index contributed by atoms with van der Waals surface area (Å²) in [6.07, 6.45) is 5.42. The molecule has 2 aliphatic heterocycles. The van der Waals surface area contributed by atoms with E-state index in [1.165, 1.54) is 63.0 Å². The summed E-state index contributed by atoms with van der Waals surface area (Å²) in [5.41, 5.74) is 3.40. The third kappa shape index (κ3) is 3.26. The SMILES string of the molecule is c1ccc(C(c2ccccc2)N2CCC3(CCCNC3)CC2)cc1. The molecule has 0 unspecified atom stereocenters. The van der Waals surface area contributed by atoms with Crippen molar-refractivity contribution in [3.05, 3.63) is 71.8 Å². The highest BCUT2D eigenvalue weighted by atomic mass is 15.2. The predicted octanol–water partition coefficient (Wildman–Crippen LogP) is 4.24. The van der Waals surface area contributed by atoms with Crippen LogP contribution in [0.5, 0.6) is 0 Å². The Kier molecular flexibility index (Phi) is 4.68. The highest BCUT2D eigenvalue weighted by Crippen LogP contribution is 2.40. The van der Waals surface area contributed by atoms with Gasteiger partial charge in [0, 0.05) is 6.54 Å². The Balaban J connectivity index is 1.56. The smallest absolute Gasteiger partial charge is 0.0601 e. The largest absolute Gasteiger partial charge is 0.316 e. The van der Waals surface area contributed by atoms with Crippen LogP contribution in [0.2, 0.25) is 0 Å². The topological polar surface area (TPSA) is 15.3 Å². The van der Waals surface area contributed by atoms with E-state index >= 15 is 0 Å². The van der Waals surface area contributed by atoms with Gasteiger partial charge >= 0.3 is 0 Å². The van der Waals surface area contributed by atoms with Crippen molar-refractivity contribution in [2.75, 3.05) is 26.2 Å². The Labute approximate surface area is 145 Å². The minimum atomic E-state index is 0.390. The molecule has 1 spiro atoms. The van der Waals surface area contributed by atoms with Gasteiger partial charge in [0.2, 0.25) is 0 Å². The number of piperidine rings is 2. The molecule has 24 heavy (non-hydrogen) atoms. The second-order valence-electron chi connectivity index (χ2n) is 7.54. The highest BCUT2D eigenvalue weighted by molar-refractivity contribution is 5.32. The Morgan fingerprint density at radius 1 is 0.792 bits per heavy atom. The fraction of sp³-hybridized carbons (Fsp3) is 0.455. The number of hydrogen-bond acceptors (Lipinski definition) is 2. The van der Waals surface area contributed by atoms with Crippen LogP contribution in [0.25, 0.3) is 0 Å². The Morgan fingerprint density at radius 2 is 1.38 bits per heavy atom. The molecule has 2 saturated heterocycles. The second-order valence-corrected chi connectivity index (χ2v) is 7.54. The van der Waals surface area contributed by atoms with Crippen LogP contribution in [0.15, 0.2) is 60.7 Å². The second kappa shape index (κ2) is 7.08. The van der Waals surface area contributed by atoms with Crippen molar-refractivity contribution in [3.63, 3.8) is 0 Å². The molecular weight excluding hydrogens is 292 g/mol.